The standard InChI is InChI=1S/C33H35N5O5/c39-30(35-28(33(41)42)18-24-17-23-13-7-8-14-26(23)34-24)27-19-29-36-31(43-20-22-11-5-2-6-12-22)25(32(40)38(29)37-27)16-15-21-9-3-1-4-10-21/h2,5-8,11-14,17,19,21,28,34,37H,1,3-4,9-10,15-16,18,20H2,(H,35,39)(H,41,42)/t28-/m0/s1. The van der Waals surface area contributed by atoms with Gasteiger partial charge in [-0.05, 0) is 41.8 Å². The van der Waals surface area contributed by atoms with Crippen LogP contribution in [0.2, 0.25) is 0 Å². The quantitative estimate of drug-likeness (QED) is 0.173. The average Bonchev–Trinajstić information content (AvgIpc) is 3.64. The summed E-state index contributed by atoms with van der Waals surface area (Å²) in [5.41, 5.74) is 2.93. The smallest absolute Gasteiger partial charge is 0.326 e. The van der Waals surface area contributed by atoms with Crippen molar-refractivity contribution in [2.75, 3.05) is 0 Å². The van der Waals surface area contributed by atoms with Gasteiger partial charge in [0.05, 0.1) is 5.56 Å². The van der Waals surface area contributed by atoms with E-state index in [1.54, 1.807) is 0 Å². The third kappa shape index (κ3) is 6.48. The second-order valence-corrected chi connectivity index (χ2v) is 11.3. The minimum atomic E-state index is -1.19. The summed E-state index contributed by atoms with van der Waals surface area (Å²) in [6, 6.07) is 19.4. The Balaban J connectivity index is 1.25. The molecule has 1 aliphatic rings. The van der Waals surface area contributed by atoms with Crippen molar-refractivity contribution in [1.82, 2.24) is 24.9 Å². The summed E-state index contributed by atoms with van der Waals surface area (Å²) in [7, 11) is 0. The minimum Gasteiger partial charge on any atom is -0.480 e. The molecule has 0 saturated heterocycles. The first-order valence-electron chi connectivity index (χ1n) is 14.9. The van der Waals surface area contributed by atoms with Crippen molar-refractivity contribution in [3.8, 4) is 5.88 Å². The maximum Gasteiger partial charge on any atom is 0.326 e. The summed E-state index contributed by atoms with van der Waals surface area (Å²) in [6.07, 6.45) is 7.46. The maximum atomic E-state index is 13.7. The highest BCUT2D eigenvalue weighted by Crippen LogP contribution is 2.28. The predicted octanol–water partition coefficient (Wildman–Crippen LogP) is 5.02. The summed E-state index contributed by atoms with van der Waals surface area (Å²) in [4.78, 5) is 46.8. The third-order valence-electron chi connectivity index (χ3n) is 8.27. The molecule has 1 aliphatic carbocycles. The zero-order valence-corrected chi connectivity index (χ0v) is 23.8. The number of amides is 1. The van der Waals surface area contributed by atoms with Gasteiger partial charge in [0.2, 0.25) is 5.88 Å². The lowest BCUT2D eigenvalue weighted by atomic mass is 9.85. The van der Waals surface area contributed by atoms with Crippen molar-refractivity contribution in [2.45, 2.75) is 64.0 Å². The van der Waals surface area contributed by atoms with E-state index in [0.717, 1.165) is 35.7 Å². The summed E-state index contributed by atoms with van der Waals surface area (Å²) in [6.45, 7) is 0.256. The first-order valence-corrected chi connectivity index (χ1v) is 14.9. The summed E-state index contributed by atoms with van der Waals surface area (Å²) < 4.78 is 7.33. The molecule has 0 unspecified atom stereocenters. The molecule has 0 bridgehead atoms. The van der Waals surface area contributed by atoms with E-state index in [-0.39, 0.29) is 35.8 Å². The number of carboxylic acid groups (broad SMARTS) is 1. The molecule has 10 nitrogen and oxygen atoms in total. The third-order valence-corrected chi connectivity index (χ3v) is 8.27. The van der Waals surface area contributed by atoms with Crippen LogP contribution in [0.4, 0.5) is 0 Å². The van der Waals surface area contributed by atoms with Crippen LogP contribution in [-0.4, -0.2) is 42.6 Å². The van der Waals surface area contributed by atoms with E-state index in [0.29, 0.717) is 23.6 Å². The molecular formula is C33H35N5O5. The number of hydrogen-bond acceptors (Lipinski definition) is 5. The van der Waals surface area contributed by atoms with E-state index >= 15 is 0 Å². The molecule has 6 rings (SSSR count). The molecule has 1 saturated carbocycles. The number of nitrogens with zero attached hydrogens (tertiary/aromatic N) is 2. The Labute approximate surface area is 248 Å². The topological polar surface area (TPSA) is 142 Å². The van der Waals surface area contributed by atoms with E-state index in [4.69, 9.17) is 4.74 Å². The molecule has 222 valence electrons. The van der Waals surface area contributed by atoms with Crippen molar-refractivity contribution in [1.29, 1.82) is 0 Å². The van der Waals surface area contributed by atoms with E-state index in [9.17, 15) is 19.5 Å². The number of fused-ring (bicyclic) bond motifs is 2. The SMILES string of the molecule is O=C(N[C@@H](Cc1cc2ccccc2[nH]1)C(=O)O)c1cc2nc(OCc3ccccc3)c(CCC3CCCCC3)c(=O)n2[nH]1. The van der Waals surface area contributed by atoms with E-state index < -0.39 is 17.9 Å². The number of aromatic amines is 2. The van der Waals surface area contributed by atoms with Crippen molar-refractivity contribution in [2.24, 2.45) is 5.92 Å². The fraction of sp³-hybridized carbons (Fsp3) is 0.333. The summed E-state index contributed by atoms with van der Waals surface area (Å²) >= 11 is 0. The number of hydrogen-bond donors (Lipinski definition) is 4. The molecule has 4 N–H and O–H groups in total. The second kappa shape index (κ2) is 12.6. The van der Waals surface area contributed by atoms with Gasteiger partial charge in [0.1, 0.15) is 18.3 Å². The van der Waals surface area contributed by atoms with E-state index in [2.05, 4.69) is 20.4 Å². The summed E-state index contributed by atoms with van der Waals surface area (Å²) in [5, 5.41) is 16.2. The number of benzene rings is 2. The first-order chi connectivity index (χ1) is 20.9. The molecule has 5 aromatic rings. The maximum absolute atomic E-state index is 13.7. The number of rotatable bonds is 11. The Morgan fingerprint density at radius 3 is 2.58 bits per heavy atom. The molecule has 1 fully saturated rings. The summed E-state index contributed by atoms with van der Waals surface area (Å²) in [5.74, 6) is -0.993. The zero-order chi connectivity index (χ0) is 29.8. The van der Waals surface area contributed by atoms with Crippen LogP contribution in [0.5, 0.6) is 5.88 Å². The Hall–Kier alpha value is -4.86. The van der Waals surface area contributed by atoms with Gasteiger partial charge < -0.3 is 20.1 Å². The predicted molar refractivity (Wildman–Crippen MR) is 162 cm³/mol. The number of ether oxygens (including phenoxy) is 1. The van der Waals surface area contributed by atoms with Crippen LogP contribution < -0.4 is 15.6 Å². The number of aromatic nitrogens is 4. The fourth-order valence-electron chi connectivity index (χ4n) is 5.94. The van der Waals surface area contributed by atoms with Crippen molar-refractivity contribution >= 4 is 28.4 Å². The molecular weight excluding hydrogens is 546 g/mol. The highest BCUT2D eigenvalue weighted by molar-refractivity contribution is 5.96. The number of carbonyl (C=O) groups excluding carboxylic acids is 1. The van der Waals surface area contributed by atoms with Crippen LogP contribution in [0.25, 0.3) is 16.6 Å². The average molecular weight is 582 g/mol. The van der Waals surface area contributed by atoms with Gasteiger partial charge in [0.25, 0.3) is 11.5 Å². The number of para-hydroxylation sites is 1. The largest absolute Gasteiger partial charge is 0.480 e. The van der Waals surface area contributed by atoms with Crippen molar-refractivity contribution in [3.63, 3.8) is 0 Å². The van der Waals surface area contributed by atoms with Crippen molar-refractivity contribution < 1.29 is 19.4 Å². The van der Waals surface area contributed by atoms with Gasteiger partial charge in [0, 0.05) is 23.7 Å². The second-order valence-electron chi connectivity index (χ2n) is 11.3. The minimum absolute atomic E-state index is 0.0333. The Kier molecular flexibility index (Phi) is 8.26. The molecule has 0 spiro atoms. The molecule has 1 amide bonds. The van der Waals surface area contributed by atoms with Gasteiger partial charge in [-0.2, -0.15) is 4.98 Å². The monoisotopic (exact) mass is 581 g/mol. The molecule has 0 aliphatic heterocycles. The Bertz CT molecular complexity index is 1770. The Morgan fingerprint density at radius 2 is 1.81 bits per heavy atom. The van der Waals surface area contributed by atoms with Gasteiger partial charge in [-0.1, -0.05) is 80.6 Å². The number of H-pyrrole nitrogens is 2. The molecule has 3 heterocycles. The highest BCUT2D eigenvalue weighted by atomic mass is 16.5. The van der Waals surface area contributed by atoms with Crippen molar-refractivity contribution in [3.05, 3.63) is 99.6 Å². The number of nitrogens with one attached hydrogen (secondary N) is 3. The molecule has 3 aromatic heterocycles. The molecule has 1 atom stereocenters. The lowest BCUT2D eigenvalue weighted by Gasteiger charge is -2.21. The van der Waals surface area contributed by atoms with Crippen LogP contribution in [0.3, 0.4) is 0 Å². The molecule has 10 heteroatoms. The lowest BCUT2D eigenvalue weighted by molar-refractivity contribution is -0.139. The first kappa shape index (κ1) is 28.3. The van der Waals surface area contributed by atoms with Gasteiger partial charge in [0.15, 0.2) is 5.65 Å². The molecule has 43 heavy (non-hydrogen) atoms. The van der Waals surface area contributed by atoms with Crippen LogP contribution in [0, 0.1) is 5.92 Å². The van der Waals surface area contributed by atoms with Crippen LogP contribution in [0.15, 0.2) is 71.5 Å². The number of carboxylic acids is 1. The zero-order valence-electron chi connectivity index (χ0n) is 23.8. The van der Waals surface area contributed by atoms with Crippen LogP contribution in [-0.2, 0) is 24.2 Å². The van der Waals surface area contributed by atoms with Crippen LogP contribution in [0.1, 0.15) is 65.8 Å². The van der Waals surface area contributed by atoms with Gasteiger partial charge in [-0.3, -0.25) is 14.7 Å². The van der Waals surface area contributed by atoms with Gasteiger partial charge >= 0.3 is 5.97 Å². The van der Waals surface area contributed by atoms with E-state index in [1.807, 2.05) is 60.7 Å². The molecule has 0 radical (unpaired) electrons. The highest BCUT2D eigenvalue weighted by Gasteiger charge is 2.25. The van der Waals surface area contributed by atoms with Crippen LogP contribution >= 0.6 is 0 Å². The Morgan fingerprint density at radius 1 is 1.05 bits per heavy atom. The fourth-order valence-corrected chi connectivity index (χ4v) is 5.94. The van der Waals surface area contributed by atoms with Gasteiger partial charge in [-0.25, -0.2) is 9.31 Å². The normalized spacial score (nSPS) is 14.6. The lowest BCUT2D eigenvalue weighted by Crippen LogP contribution is -2.42. The number of carbonyl (C=O) groups is 2. The number of aliphatic carboxylic acids is 1. The molecule has 2 aromatic carbocycles. The van der Waals surface area contributed by atoms with E-state index in [1.165, 1.54) is 29.8 Å². The van der Waals surface area contributed by atoms with Gasteiger partial charge in [-0.15, -0.1) is 0 Å².